The molecule has 1 N–H and O–H groups in total. The van der Waals surface area contributed by atoms with Crippen molar-refractivity contribution in [1.82, 2.24) is 0 Å². The van der Waals surface area contributed by atoms with Crippen LogP contribution in [0, 0.1) is 13.8 Å². The van der Waals surface area contributed by atoms with E-state index in [9.17, 15) is 9.59 Å². The summed E-state index contributed by atoms with van der Waals surface area (Å²) < 4.78 is 0. The lowest BCUT2D eigenvalue weighted by molar-refractivity contribution is 0.0984. The molecular formula is C30H25ClN2O2. The fourth-order valence-electron chi connectivity index (χ4n) is 4.70. The zero-order chi connectivity index (χ0) is 24.5. The van der Waals surface area contributed by atoms with Crippen molar-refractivity contribution < 1.29 is 9.59 Å². The summed E-state index contributed by atoms with van der Waals surface area (Å²) in [6.45, 7) is 4.33. The Labute approximate surface area is 210 Å². The normalized spacial score (nSPS) is 12.4. The zero-order valence-electron chi connectivity index (χ0n) is 19.6. The molecule has 0 spiro atoms. The topological polar surface area (TPSA) is 49.4 Å². The predicted octanol–water partition coefficient (Wildman–Crippen LogP) is 6.96. The molecule has 1 aliphatic rings. The van der Waals surface area contributed by atoms with Gasteiger partial charge in [0.15, 0.2) is 0 Å². The van der Waals surface area contributed by atoms with Crippen LogP contribution in [0.15, 0.2) is 84.9 Å². The van der Waals surface area contributed by atoms with Crippen LogP contribution < -0.4 is 10.2 Å². The van der Waals surface area contributed by atoms with E-state index in [2.05, 4.69) is 17.4 Å². The first kappa shape index (κ1) is 22.9. The number of benzene rings is 4. The van der Waals surface area contributed by atoms with Gasteiger partial charge in [-0.15, -0.1) is 0 Å². The van der Waals surface area contributed by atoms with Crippen molar-refractivity contribution in [3.8, 4) is 0 Å². The Morgan fingerprint density at radius 2 is 1.49 bits per heavy atom. The Kier molecular flexibility index (Phi) is 6.14. The van der Waals surface area contributed by atoms with Crippen LogP contribution in [-0.4, -0.2) is 11.8 Å². The SMILES string of the molecule is Cc1cccc(C)c1C(=O)Nc1ccc(C(=O)N2Cc3ccccc3Cc3cc(Cl)ccc32)cc1. The number of nitrogens with zero attached hydrogens (tertiary/aromatic N) is 1. The molecule has 4 aromatic rings. The molecule has 0 saturated carbocycles. The molecule has 0 atom stereocenters. The molecule has 0 aliphatic carbocycles. The van der Waals surface area contributed by atoms with Gasteiger partial charge in [-0.05, 0) is 90.6 Å². The fraction of sp³-hybridized carbons (Fsp3) is 0.133. The maximum atomic E-state index is 13.7. The van der Waals surface area contributed by atoms with Gasteiger partial charge in [-0.2, -0.15) is 0 Å². The first-order valence-corrected chi connectivity index (χ1v) is 11.9. The minimum absolute atomic E-state index is 0.0992. The molecule has 1 heterocycles. The third-order valence-corrected chi connectivity index (χ3v) is 6.74. The smallest absolute Gasteiger partial charge is 0.258 e. The quantitative estimate of drug-likeness (QED) is 0.344. The number of carbonyl (C=O) groups is 2. The minimum atomic E-state index is -0.158. The zero-order valence-corrected chi connectivity index (χ0v) is 20.4. The highest BCUT2D eigenvalue weighted by molar-refractivity contribution is 6.30. The molecule has 0 aromatic heterocycles. The standard InChI is InChI=1S/C30H25ClN2O2/c1-19-6-5-7-20(2)28(19)29(34)32-26-13-10-21(11-14-26)30(35)33-18-23-9-4-3-8-22(23)16-24-17-25(31)12-15-27(24)33/h3-15,17H,16,18H2,1-2H3,(H,32,34). The summed E-state index contributed by atoms with van der Waals surface area (Å²) in [5.41, 5.74) is 7.91. The molecule has 4 aromatic carbocycles. The second kappa shape index (κ2) is 9.40. The van der Waals surface area contributed by atoms with Crippen LogP contribution in [0.1, 0.15) is 48.5 Å². The number of aryl methyl sites for hydroxylation is 2. The highest BCUT2D eigenvalue weighted by atomic mass is 35.5. The first-order valence-electron chi connectivity index (χ1n) is 11.6. The number of hydrogen-bond acceptors (Lipinski definition) is 2. The van der Waals surface area contributed by atoms with E-state index in [1.807, 2.05) is 67.3 Å². The maximum absolute atomic E-state index is 13.7. The van der Waals surface area contributed by atoms with E-state index in [0.717, 1.165) is 34.4 Å². The molecule has 4 nitrogen and oxygen atoms in total. The van der Waals surface area contributed by atoms with Crippen molar-refractivity contribution in [3.63, 3.8) is 0 Å². The van der Waals surface area contributed by atoms with E-state index < -0.39 is 0 Å². The predicted molar refractivity (Wildman–Crippen MR) is 142 cm³/mol. The van der Waals surface area contributed by atoms with E-state index in [1.165, 1.54) is 5.56 Å². The van der Waals surface area contributed by atoms with Crippen molar-refractivity contribution >= 4 is 34.8 Å². The van der Waals surface area contributed by atoms with Gasteiger partial charge in [-0.1, -0.05) is 54.1 Å². The molecule has 0 fully saturated rings. The Bertz CT molecular complexity index is 1420. The molecule has 5 heteroatoms. The van der Waals surface area contributed by atoms with E-state index in [0.29, 0.717) is 28.4 Å². The van der Waals surface area contributed by atoms with E-state index in [-0.39, 0.29) is 11.8 Å². The van der Waals surface area contributed by atoms with Crippen LogP contribution in [0.25, 0.3) is 0 Å². The number of nitrogens with one attached hydrogen (secondary N) is 1. The molecular weight excluding hydrogens is 456 g/mol. The van der Waals surface area contributed by atoms with Gasteiger partial charge in [-0.25, -0.2) is 0 Å². The molecule has 0 radical (unpaired) electrons. The lowest BCUT2D eigenvalue weighted by Crippen LogP contribution is -2.30. The molecule has 5 rings (SSSR count). The van der Waals surface area contributed by atoms with Gasteiger partial charge in [0.25, 0.3) is 11.8 Å². The number of carbonyl (C=O) groups excluding carboxylic acids is 2. The Morgan fingerprint density at radius 1 is 0.800 bits per heavy atom. The summed E-state index contributed by atoms with van der Waals surface area (Å²) in [5.74, 6) is -0.257. The second-order valence-corrected chi connectivity index (χ2v) is 9.34. The molecule has 0 saturated heterocycles. The van der Waals surface area contributed by atoms with Gasteiger partial charge in [0.1, 0.15) is 0 Å². The van der Waals surface area contributed by atoms with E-state index in [4.69, 9.17) is 11.6 Å². The first-order chi connectivity index (χ1) is 16.9. The molecule has 2 amide bonds. The van der Waals surface area contributed by atoms with Crippen molar-refractivity contribution in [1.29, 1.82) is 0 Å². The van der Waals surface area contributed by atoms with Gasteiger partial charge >= 0.3 is 0 Å². The lowest BCUT2D eigenvalue weighted by atomic mass is 10.0. The Hall–Kier alpha value is -3.89. The third-order valence-electron chi connectivity index (χ3n) is 6.50. The van der Waals surface area contributed by atoms with E-state index in [1.54, 1.807) is 24.3 Å². The monoisotopic (exact) mass is 480 g/mol. The molecule has 0 bridgehead atoms. The maximum Gasteiger partial charge on any atom is 0.258 e. The molecule has 174 valence electrons. The third kappa shape index (κ3) is 4.58. The lowest BCUT2D eigenvalue weighted by Gasteiger charge is -2.24. The number of fused-ring (bicyclic) bond motifs is 2. The number of rotatable bonds is 3. The summed E-state index contributed by atoms with van der Waals surface area (Å²) >= 11 is 6.29. The number of amides is 2. The highest BCUT2D eigenvalue weighted by Gasteiger charge is 2.25. The number of hydrogen-bond donors (Lipinski definition) is 1. The summed E-state index contributed by atoms with van der Waals surface area (Å²) in [6.07, 6.45) is 0.721. The van der Waals surface area contributed by atoms with Gasteiger partial charge in [0, 0.05) is 27.5 Å². The van der Waals surface area contributed by atoms with Gasteiger partial charge in [0.2, 0.25) is 0 Å². The van der Waals surface area contributed by atoms with Crippen LogP contribution in [0.3, 0.4) is 0 Å². The van der Waals surface area contributed by atoms with Gasteiger partial charge in [0.05, 0.1) is 6.54 Å². The van der Waals surface area contributed by atoms with Crippen molar-refractivity contribution in [3.05, 3.63) is 129 Å². The van der Waals surface area contributed by atoms with Crippen LogP contribution in [-0.2, 0) is 13.0 Å². The van der Waals surface area contributed by atoms with Crippen molar-refractivity contribution in [2.45, 2.75) is 26.8 Å². The van der Waals surface area contributed by atoms with Crippen molar-refractivity contribution in [2.75, 3.05) is 10.2 Å². The molecule has 35 heavy (non-hydrogen) atoms. The number of halogens is 1. The van der Waals surface area contributed by atoms with E-state index >= 15 is 0 Å². The largest absolute Gasteiger partial charge is 0.322 e. The van der Waals surface area contributed by atoms with Crippen LogP contribution in [0.5, 0.6) is 0 Å². The fourth-order valence-corrected chi connectivity index (χ4v) is 4.90. The average Bonchev–Trinajstić information content (AvgIpc) is 3.00. The van der Waals surface area contributed by atoms with Crippen LogP contribution >= 0.6 is 11.6 Å². The summed E-state index contributed by atoms with van der Waals surface area (Å²) in [5, 5.41) is 3.60. The van der Waals surface area contributed by atoms with Crippen LogP contribution in [0.4, 0.5) is 11.4 Å². The summed E-state index contributed by atoms with van der Waals surface area (Å²) in [4.78, 5) is 28.3. The highest BCUT2D eigenvalue weighted by Crippen LogP contribution is 2.33. The van der Waals surface area contributed by atoms with Gasteiger partial charge in [-0.3, -0.25) is 9.59 Å². The minimum Gasteiger partial charge on any atom is -0.322 e. The van der Waals surface area contributed by atoms with Crippen molar-refractivity contribution in [2.24, 2.45) is 0 Å². The average molecular weight is 481 g/mol. The molecule has 0 unspecified atom stereocenters. The Morgan fingerprint density at radius 3 is 2.20 bits per heavy atom. The summed E-state index contributed by atoms with van der Waals surface area (Å²) in [7, 11) is 0. The second-order valence-electron chi connectivity index (χ2n) is 8.91. The van der Waals surface area contributed by atoms with Crippen LogP contribution in [0.2, 0.25) is 5.02 Å². The van der Waals surface area contributed by atoms with Gasteiger partial charge < -0.3 is 10.2 Å². The molecule has 1 aliphatic heterocycles. The number of anilines is 2. The summed E-state index contributed by atoms with van der Waals surface area (Å²) in [6, 6.07) is 26.7. The Balaban J connectivity index is 1.42.